The summed E-state index contributed by atoms with van der Waals surface area (Å²) in [5.41, 5.74) is 1.49. The monoisotopic (exact) mass is 411 g/mol. The smallest absolute Gasteiger partial charge is 0.410 e. The van der Waals surface area contributed by atoms with E-state index in [1.54, 1.807) is 21.9 Å². The number of carbonyl (C=O) groups is 2. The summed E-state index contributed by atoms with van der Waals surface area (Å²) < 4.78 is 13.8. The molecule has 2 aromatic rings. The second-order valence-electron chi connectivity index (χ2n) is 7.26. The first-order valence-electron chi connectivity index (χ1n) is 8.65. The van der Waals surface area contributed by atoms with Crippen molar-refractivity contribution in [3.05, 3.63) is 17.2 Å². The van der Waals surface area contributed by atoms with E-state index in [0.717, 1.165) is 17.2 Å². The minimum atomic E-state index is -0.529. The Kier molecular flexibility index (Phi) is 5.71. The van der Waals surface area contributed by atoms with E-state index in [0.29, 0.717) is 42.4 Å². The molecule has 1 aliphatic rings. The maximum Gasteiger partial charge on any atom is 0.410 e. The lowest BCUT2D eigenvalue weighted by Gasteiger charge is -2.35. The lowest BCUT2D eigenvalue weighted by Crippen LogP contribution is -2.52. The Morgan fingerprint density at radius 2 is 1.85 bits per heavy atom. The molecule has 1 fully saturated rings. The molecule has 0 radical (unpaired) electrons. The minimum Gasteiger partial charge on any atom is -0.444 e. The van der Waals surface area contributed by atoms with E-state index >= 15 is 0 Å². The Labute approximate surface area is 166 Å². The van der Waals surface area contributed by atoms with Crippen molar-refractivity contribution in [1.82, 2.24) is 18.5 Å². The van der Waals surface area contributed by atoms with E-state index in [2.05, 4.69) is 14.1 Å². The fraction of sp³-hybridized carbons (Fsp3) is 0.529. The van der Waals surface area contributed by atoms with Gasteiger partial charge in [-0.2, -0.15) is 8.75 Å². The van der Waals surface area contributed by atoms with Gasteiger partial charge in [-0.15, -0.1) is 0 Å². The number of rotatable bonds is 3. The van der Waals surface area contributed by atoms with E-state index in [4.69, 9.17) is 16.3 Å². The normalized spacial score (nSPS) is 15.1. The molecule has 2 amide bonds. The lowest BCUT2D eigenvalue weighted by atomic mass is 10.2. The number of aromatic nitrogens is 2. The quantitative estimate of drug-likeness (QED) is 0.835. The summed E-state index contributed by atoms with van der Waals surface area (Å²) in [5, 5.41) is 3.58. The summed E-state index contributed by atoms with van der Waals surface area (Å²) in [6.45, 7) is 7.44. The number of nitrogens with one attached hydrogen (secondary N) is 1. The number of benzene rings is 1. The maximum atomic E-state index is 12.5. The number of piperazine rings is 1. The molecular formula is C17H22ClN5O3S. The molecular weight excluding hydrogens is 390 g/mol. The predicted molar refractivity (Wildman–Crippen MR) is 105 cm³/mol. The number of ether oxygens (including phenoxy) is 1. The predicted octanol–water partition coefficient (Wildman–Crippen LogP) is 2.84. The molecule has 3 rings (SSSR count). The lowest BCUT2D eigenvalue weighted by molar-refractivity contribution is -0.131. The summed E-state index contributed by atoms with van der Waals surface area (Å²) in [4.78, 5) is 28.0. The summed E-state index contributed by atoms with van der Waals surface area (Å²) in [7, 11) is 0. The molecule has 2 heterocycles. The van der Waals surface area contributed by atoms with Crippen LogP contribution in [0, 0.1) is 0 Å². The van der Waals surface area contributed by atoms with Gasteiger partial charge in [0, 0.05) is 26.2 Å². The number of amides is 2. The van der Waals surface area contributed by atoms with Crippen molar-refractivity contribution in [3.63, 3.8) is 0 Å². The molecule has 0 unspecified atom stereocenters. The number of carbonyl (C=O) groups excluding carboxylic acids is 2. The first kappa shape index (κ1) is 19.6. The molecule has 0 atom stereocenters. The van der Waals surface area contributed by atoms with Gasteiger partial charge >= 0.3 is 6.09 Å². The van der Waals surface area contributed by atoms with Gasteiger partial charge in [-0.25, -0.2) is 4.79 Å². The average Bonchev–Trinajstić information content (AvgIpc) is 3.08. The van der Waals surface area contributed by atoms with Crippen LogP contribution in [-0.2, 0) is 9.53 Å². The summed E-state index contributed by atoms with van der Waals surface area (Å²) >= 11 is 7.33. The molecule has 0 bridgehead atoms. The maximum absolute atomic E-state index is 12.5. The molecule has 146 valence electrons. The largest absolute Gasteiger partial charge is 0.444 e. The molecule has 1 N–H and O–H groups in total. The number of fused-ring (bicyclic) bond motifs is 1. The summed E-state index contributed by atoms with van der Waals surface area (Å²) in [5.74, 6) is -0.0601. The van der Waals surface area contributed by atoms with Crippen molar-refractivity contribution >= 4 is 52.1 Å². The van der Waals surface area contributed by atoms with E-state index in [1.807, 2.05) is 20.8 Å². The molecule has 0 saturated carbocycles. The van der Waals surface area contributed by atoms with Crippen LogP contribution in [0.15, 0.2) is 12.1 Å². The van der Waals surface area contributed by atoms with Crippen LogP contribution in [0.2, 0.25) is 5.02 Å². The highest BCUT2D eigenvalue weighted by Crippen LogP contribution is 2.29. The topological polar surface area (TPSA) is 87.7 Å². The summed E-state index contributed by atoms with van der Waals surface area (Å²) in [6.07, 6.45) is -0.345. The first-order valence-corrected chi connectivity index (χ1v) is 9.76. The standard InChI is InChI=1S/C17H22ClN5O3S/c1-17(2,3)26-16(25)23-8-6-22(7-9-23)13(24)10-19-14-11(18)4-5-12-15(14)21-27-20-12/h4-5,19H,6-10H2,1-3H3. The van der Waals surface area contributed by atoms with E-state index in [9.17, 15) is 9.59 Å². The fourth-order valence-electron chi connectivity index (χ4n) is 2.74. The molecule has 1 aromatic carbocycles. The second kappa shape index (κ2) is 7.85. The molecule has 1 saturated heterocycles. The zero-order valence-corrected chi connectivity index (χ0v) is 17.1. The van der Waals surface area contributed by atoms with Crippen molar-refractivity contribution in [1.29, 1.82) is 0 Å². The van der Waals surface area contributed by atoms with Crippen LogP contribution < -0.4 is 5.32 Å². The van der Waals surface area contributed by atoms with Crippen molar-refractivity contribution in [2.75, 3.05) is 38.0 Å². The Morgan fingerprint density at radius 3 is 2.52 bits per heavy atom. The van der Waals surface area contributed by atoms with Gasteiger partial charge in [0.1, 0.15) is 16.6 Å². The zero-order chi connectivity index (χ0) is 19.6. The van der Waals surface area contributed by atoms with E-state index in [-0.39, 0.29) is 18.5 Å². The Bertz CT molecular complexity index is 843. The number of hydrogen-bond donors (Lipinski definition) is 1. The highest BCUT2D eigenvalue weighted by atomic mass is 35.5. The third kappa shape index (κ3) is 4.78. The number of hydrogen-bond acceptors (Lipinski definition) is 7. The van der Waals surface area contributed by atoms with Crippen LogP contribution >= 0.6 is 23.3 Å². The number of nitrogens with zero attached hydrogens (tertiary/aromatic N) is 4. The molecule has 0 aliphatic carbocycles. The van der Waals surface area contributed by atoms with Crippen molar-refractivity contribution in [2.24, 2.45) is 0 Å². The van der Waals surface area contributed by atoms with Gasteiger partial charge in [0.2, 0.25) is 5.91 Å². The Morgan fingerprint density at radius 1 is 1.19 bits per heavy atom. The zero-order valence-electron chi connectivity index (χ0n) is 15.5. The van der Waals surface area contributed by atoms with Crippen LogP contribution in [0.1, 0.15) is 20.8 Å². The van der Waals surface area contributed by atoms with Crippen LogP contribution in [-0.4, -0.2) is 68.9 Å². The molecule has 10 heteroatoms. The van der Waals surface area contributed by atoms with Crippen LogP contribution in [0.3, 0.4) is 0 Å². The van der Waals surface area contributed by atoms with Crippen molar-refractivity contribution in [3.8, 4) is 0 Å². The number of halogens is 1. The highest BCUT2D eigenvalue weighted by molar-refractivity contribution is 7.00. The van der Waals surface area contributed by atoms with E-state index < -0.39 is 5.60 Å². The minimum absolute atomic E-state index is 0.0601. The van der Waals surface area contributed by atoms with Crippen LogP contribution in [0.25, 0.3) is 11.0 Å². The summed E-state index contributed by atoms with van der Waals surface area (Å²) in [6, 6.07) is 3.53. The van der Waals surface area contributed by atoms with Gasteiger partial charge in [0.25, 0.3) is 0 Å². The van der Waals surface area contributed by atoms with Crippen molar-refractivity contribution in [2.45, 2.75) is 26.4 Å². The molecule has 1 aliphatic heterocycles. The Hall–Kier alpha value is -2.13. The van der Waals surface area contributed by atoms with Crippen molar-refractivity contribution < 1.29 is 14.3 Å². The Balaban J connectivity index is 1.53. The van der Waals surface area contributed by atoms with Gasteiger partial charge in [-0.3, -0.25) is 4.79 Å². The SMILES string of the molecule is CC(C)(C)OC(=O)N1CCN(C(=O)CNc2c(Cl)ccc3nsnc23)CC1. The fourth-order valence-corrected chi connectivity index (χ4v) is 3.50. The third-order valence-electron chi connectivity index (χ3n) is 4.08. The molecule has 1 aromatic heterocycles. The molecule has 0 spiro atoms. The first-order chi connectivity index (χ1) is 12.7. The van der Waals surface area contributed by atoms with Gasteiger partial charge in [0.15, 0.2) is 0 Å². The third-order valence-corrected chi connectivity index (χ3v) is 4.94. The van der Waals surface area contributed by atoms with Crippen LogP contribution in [0.4, 0.5) is 10.5 Å². The van der Waals surface area contributed by atoms with Gasteiger partial charge < -0.3 is 19.9 Å². The molecule has 27 heavy (non-hydrogen) atoms. The van der Waals surface area contributed by atoms with Gasteiger partial charge in [-0.05, 0) is 32.9 Å². The molecule has 8 nitrogen and oxygen atoms in total. The van der Waals surface area contributed by atoms with E-state index in [1.165, 1.54) is 0 Å². The number of anilines is 1. The second-order valence-corrected chi connectivity index (χ2v) is 8.19. The average molecular weight is 412 g/mol. The van der Waals surface area contributed by atoms with Gasteiger partial charge in [0.05, 0.1) is 29.0 Å². The van der Waals surface area contributed by atoms with Crippen LogP contribution in [0.5, 0.6) is 0 Å². The van der Waals surface area contributed by atoms with Gasteiger partial charge in [-0.1, -0.05) is 11.6 Å². The highest BCUT2D eigenvalue weighted by Gasteiger charge is 2.27.